The number of aromatic nitrogens is 1. The molecule has 1 atom stereocenters. The monoisotopic (exact) mass is 369 g/mol. The van der Waals surface area contributed by atoms with Crippen molar-refractivity contribution >= 4 is 27.8 Å². The molecule has 1 aliphatic heterocycles. The minimum absolute atomic E-state index is 0.147. The van der Waals surface area contributed by atoms with Crippen molar-refractivity contribution in [2.24, 2.45) is 0 Å². The number of likely N-dealkylation sites (N-methyl/N-ethyl adjacent to an activating group) is 1. The number of amides is 1. The predicted octanol–water partition coefficient (Wildman–Crippen LogP) is 3.68. The lowest BCUT2D eigenvalue weighted by Gasteiger charge is -2.38. The van der Waals surface area contributed by atoms with Gasteiger partial charge in [0.15, 0.2) is 0 Å². The van der Waals surface area contributed by atoms with Crippen molar-refractivity contribution in [1.82, 2.24) is 9.88 Å². The molecule has 0 radical (unpaired) electrons. The van der Waals surface area contributed by atoms with Gasteiger partial charge in [-0.1, -0.05) is 0 Å². The van der Waals surface area contributed by atoms with Crippen molar-refractivity contribution in [2.75, 3.05) is 25.0 Å². The molecule has 1 amide bonds. The maximum Gasteiger partial charge on any atom is 0.410 e. The van der Waals surface area contributed by atoms with E-state index in [1.165, 1.54) is 0 Å². The van der Waals surface area contributed by atoms with Crippen LogP contribution in [0.2, 0.25) is 0 Å². The largest absolute Gasteiger partial charge is 0.444 e. The van der Waals surface area contributed by atoms with Gasteiger partial charge in [0, 0.05) is 30.8 Å². The van der Waals surface area contributed by atoms with Gasteiger partial charge >= 0.3 is 6.09 Å². The average molecular weight is 370 g/mol. The number of hydrogen-bond acceptors (Lipinski definition) is 4. The molecule has 0 unspecified atom stereocenters. The first-order valence-corrected chi connectivity index (χ1v) is 8.38. The number of carbonyl (C=O) groups excluding carboxylic acids is 1. The predicted molar refractivity (Wildman–Crippen MR) is 91.2 cm³/mol. The van der Waals surface area contributed by atoms with Crippen molar-refractivity contribution in [1.29, 1.82) is 0 Å². The Morgan fingerprint density at radius 1 is 1.45 bits per heavy atom. The Balaban J connectivity index is 2.00. The molecular weight excluding hydrogens is 346 g/mol. The molecule has 122 valence electrons. The minimum Gasteiger partial charge on any atom is -0.444 e. The van der Waals surface area contributed by atoms with Crippen LogP contribution >= 0.6 is 15.9 Å². The van der Waals surface area contributed by atoms with E-state index < -0.39 is 5.60 Å². The van der Waals surface area contributed by atoms with Crippen LogP contribution < -0.4 is 4.90 Å². The topological polar surface area (TPSA) is 45.7 Å². The van der Waals surface area contributed by atoms with Crippen LogP contribution in [0.5, 0.6) is 0 Å². The zero-order valence-corrected chi connectivity index (χ0v) is 15.3. The number of piperidine rings is 1. The summed E-state index contributed by atoms with van der Waals surface area (Å²) in [5.41, 5.74) is -0.465. The summed E-state index contributed by atoms with van der Waals surface area (Å²) in [5, 5.41) is 0. The standard InChI is InChI=1S/C16H24BrN3O2/c1-16(2,3)22-15(21)19(4)13-6-5-9-20(11-13)14-8-7-12(17)10-18-14/h7-8,10,13H,5-6,9,11H2,1-4H3/t13-/m0/s1. The molecule has 0 N–H and O–H groups in total. The highest BCUT2D eigenvalue weighted by Crippen LogP contribution is 2.22. The Bertz CT molecular complexity index is 513. The summed E-state index contributed by atoms with van der Waals surface area (Å²) < 4.78 is 6.42. The fourth-order valence-corrected chi connectivity index (χ4v) is 2.75. The van der Waals surface area contributed by atoms with Crippen LogP contribution in [-0.2, 0) is 4.74 Å². The summed E-state index contributed by atoms with van der Waals surface area (Å²) in [5.74, 6) is 0.950. The second-order valence-corrected chi connectivity index (χ2v) is 7.58. The second-order valence-electron chi connectivity index (χ2n) is 6.67. The maximum atomic E-state index is 12.2. The zero-order chi connectivity index (χ0) is 16.3. The molecule has 5 nitrogen and oxygen atoms in total. The van der Waals surface area contributed by atoms with Crippen LogP contribution in [0.15, 0.2) is 22.8 Å². The molecule has 2 rings (SSSR count). The first-order chi connectivity index (χ1) is 10.3. The van der Waals surface area contributed by atoms with Crippen LogP contribution in [0.4, 0.5) is 10.6 Å². The Labute approximate surface area is 140 Å². The van der Waals surface area contributed by atoms with Crippen LogP contribution in [-0.4, -0.2) is 47.8 Å². The van der Waals surface area contributed by atoms with E-state index in [0.717, 1.165) is 36.2 Å². The van der Waals surface area contributed by atoms with Gasteiger partial charge in [0.05, 0.1) is 6.04 Å². The summed E-state index contributed by atoms with van der Waals surface area (Å²) in [6, 6.07) is 4.14. The van der Waals surface area contributed by atoms with E-state index in [0.29, 0.717) is 0 Å². The fraction of sp³-hybridized carbons (Fsp3) is 0.625. The van der Waals surface area contributed by atoms with Gasteiger partial charge in [0.2, 0.25) is 0 Å². The van der Waals surface area contributed by atoms with Crippen LogP contribution in [0.3, 0.4) is 0 Å². The van der Waals surface area contributed by atoms with Crippen molar-refractivity contribution in [3.05, 3.63) is 22.8 Å². The Kier molecular flexibility index (Phi) is 5.32. The van der Waals surface area contributed by atoms with E-state index in [9.17, 15) is 4.79 Å². The third kappa shape index (κ3) is 4.60. The van der Waals surface area contributed by atoms with Crippen molar-refractivity contribution in [2.45, 2.75) is 45.3 Å². The molecule has 0 aromatic carbocycles. The van der Waals surface area contributed by atoms with E-state index in [2.05, 4.69) is 25.8 Å². The summed E-state index contributed by atoms with van der Waals surface area (Å²) in [6.07, 6.45) is 3.57. The number of ether oxygens (including phenoxy) is 1. The van der Waals surface area contributed by atoms with Gasteiger partial charge in [-0.3, -0.25) is 0 Å². The van der Waals surface area contributed by atoms with Gasteiger partial charge in [-0.15, -0.1) is 0 Å². The van der Waals surface area contributed by atoms with Gasteiger partial charge in [-0.05, 0) is 61.7 Å². The molecule has 0 aliphatic carbocycles. The summed E-state index contributed by atoms with van der Waals surface area (Å²) in [4.78, 5) is 20.6. The average Bonchev–Trinajstić information content (AvgIpc) is 2.45. The first-order valence-electron chi connectivity index (χ1n) is 7.58. The van der Waals surface area contributed by atoms with Gasteiger partial charge in [-0.2, -0.15) is 0 Å². The van der Waals surface area contributed by atoms with E-state index in [1.54, 1.807) is 11.1 Å². The third-order valence-corrected chi connectivity index (χ3v) is 4.13. The molecule has 0 saturated carbocycles. The molecule has 1 aromatic heterocycles. The maximum absolute atomic E-state index is 12.2. The van der Waals surface area contributed by atoms with Gasteiger partial charge in [0.25, 0.3) is 0 Å². The Morgan fingerprint density at radius 2 is 2.18 bits per heavy atom. The quantitative estimate of drug-likeness (QED) is 0.797. The molecule has 6 heteroatoms. The SMILES string of the molecule is CN(C(=O)OC(C)(C)C)[C@H]1CCCN(c2ccc(Br)cn2)C1. The lowest BCUT2D eigenvalue weighted by Crippen LogP contribution is -2.50. The highest BCUT2D eigenvalue weighted by atomic mass is 79.9. The molecule has 1 fully saturated rings. The van der Waals surface area contributed by atoms with Crippen molar-refractivity contribution in [3.63, 3.8) is 0 Å². The number of carbonyl (C=O) groups is 1. The molecule has 0 bridgehead atoms. The summed E-state index contributed by atoms with van der Waals surface area (Å²) in [6.45, 7) is 7.41. The number of hydrogen-bond donors (Lipinski definition) is 0. The number of halogens is 1. The molecule has 1 saturated heterocycles. The number of anilines is 1. The molecule has 1 aromatic rings. The Hall–Kier alpha value is -1.30. The van der Waals surface area contributed by atoms with Crippen molar-refractivity contribution in [3.8, 4) is 0 Å². The number of nitrogens with zero attached hydrogens (tertiary/aromatic N) is 3. The Morgan fingerprint density at radius 3 is 2.77 bits per heavy atom. The van der Waals surface area contributed by atoms with E-state index in [1.807, 2.05) is 40.0 Å². The summed E-state index contributed by atoms with van der Waals surface area (Å²) in [7, 11) is 1.82. The lowest BCUT2D eigenvalue weighted by molar-refractivity contribution is 0.0209. The highest BCUT2D eigenvalue weighted by Gasteiger charge is 2.29. The normalized spacial score (nSPS) is 19.0. The molecule has 22 heavy (non-hydrogen) atoms. The lowest BCUT2D eigenvalue weighted by atomic mass is 10.0. The van der Waals surface area contributed by atoms with Gasteiger partial charge < -0.3 is 14.5 Å². The zero-order valence-electron chi connectivity index (χ0n) is 13.7. The van der Waals surface area contributed by atoms with Crippen LogP contribution in [0.25, 0.3) is 0 Å². The summed E-state index contributed by atoms with van der Waals surface area (Å²) >= 11 is 3.40. The van der Waals surface area contributed by atoms with Crippen LogP contribution in [0, 0.1) is 0 Å². The molecular formula is C16H24BrN3O2. The van der Waals surface area contributed by atoms with E-state index in [4.69, 9.17) is 4.74 Å². The number of pyridine rings is 1. The van der Waals surface area contributed by atoms with Gasteiger partial charge in [0.1, 0.15) is 11.4 Å². The van der Waals surface area contributed by atoms with Crippen LogP contribution in [0.1, 0.15) is 33.6 Å². The minimum atomic E-state index is -0.465. The smallest absolute Gasteiger partial charge is 0.410 e. The molecule has 1 aliphatic rings. The first kappa shape index (κ1) is 17.1. The van der Waals surface area contributed by atoms with Crippen molar-refractivity contribution < 1.29 is 9.53 Å². The van der Waals surface area contributed by atoms with E-state index >= 15 is 0 Å². The second kappa shape index (κ2) is 6.86. The highest BCUT2D eigenvalue weighted by molar-refractivity contribution is 9.10. The van der Waals surface area contributed by atoms with E-state index in [-0.39, 0.29) is 12.1 Å². The fourth-order valence-electron chi connectivity index (χ4n) is 2.52. The molecule has 0 spiro atoms. The number of rotatable bonds is 2. The molecule has 2 heterocycles. The third-order valence-electron chi connectivity index (χ3n) is 3.66. The van der Waals surface area contributed by atoms with Gasteiger partial charge in [-0.25, -0.2) is 9.78 Å².